The Kier molecular flexibility index (Phi) is 6.28. The van der Waals surface area contributed by atoms with Crippen LogP contribution < -0.4 is 5.73 Å². The second-order valence-electron chi connectivity index (χ2n) is 2.56. The van der Waals surface area contributed by atoms with Crippen LogP contribution in [0.1, 0.15) is 26.2 Å². The van der Waals surface area contributed by atoms with E-state index in [4.69, 9.17) is 10.8 Å². The number of carbonyl (C=O) groups is 1. The van der Waals surface area contributed by atoms with E-state index in [1.54, 1.807) is 0 Å². The topological polar surface area (TPSA) is 75.7 Å². The zero-order chi connectivity index (χ0) is 9.40. The molecule has 0 heterocycles. The van der Waals surface area contributed by atoms with E-state index in [1.165, 1.54) is 0 Å². The molecule has 0 aromatic carbocycles. The summed E-state index contributed by atoms with van der Waals surface area (Å²) >= 11 is 0. The highest BCUT2D eigenvalue weighted by Crippen LogP contribution is 1.97. The van der Waals surface area contributed by atoms with Crippen molar-refractivity contribution >= 4 is 12.2 Å². The summed E-state index contributed by atoms with van der Waals surface area (Å²) in [7, 11) is 0. The number of hydrogen-bond donors (Lipinski definition) is 2. The van der Waals surface area contributed by atoms with Crippen molar-refractivity contribution in [1.29, 1.82) is 0 Å². The lowest BCUT2D eigenvalue weighted by molar-refractivity contribution is -0.138. The summed E-state index contributed by atoms with van der Waals surface area (Å²) < 4.78 is 0. The highest BCUT2D eigenvalue weighted by atomic mass is 16.4. The molecule has 70 valence electrons. The van der Waals surface area contributed by atoms with Crippen LogP contribution in [0, 0.1) is 0 Å². The van der Waals surface area contributed by atoms with Crippen LogP contribution in [-0.4, -0.2) is 29.9 Å². The van der Waals surface area contributed by atoms with Gasteiger partial charge in [0.05, 0.1) is 0 Å². The number of rotatable bonds is 6. The molecule has 0 bridgehead atoms. The van der Waals surface area contributed by atoms with Crippen LogP contribution in [0.3, 0.4) is 0 Å². The molecule has 0 unspecified atom stereocenters. The van der Waals surface area contributed by atoms with Crippen LogP contribution in [0.5, 0.6) is 0 Å². The van der Waals surface area contributed by atoms with Crippen molar-refractivity contribution in [2.75, 3.05) is 6.54 Å². The number of unbranched alkanes of at least 4 members (excludes halogenated alkanes) is 1. The second kappa shape index (κ2) is 6.79. The van der Waals surface area contributed by atoms with E-state index >= 15 is 0 Å². The number of nitrogens with two attached hydrogens (primary N) is 1. The molecular formula is C8H16N2O2. The van der Waals surface area contributed by atoms with Crippen LogP contribution in [0.4, 0.5) is 0 Å². The van der Waals surface area contributed by atoms with Crippen molar-refractivity contribution in [3.63, 3.8) is 0 Å². The van der Waals surface area contributed by atoms with E-state index in [0.29, 0.717) is 6.42 Å². The minimum Gasteiger partial charge on any atom is -0.480 e. The number of aliphatic carboxylic acids is 1. The Labute approximate surface area is 72.5 Å². The smallest absolute Gasteiger partial charge is 0.320 e. The van der Waals surface area contributed by atoms with Crippen molar-refractivity contribution < 1.29 is 9.90 Å². The molecule has 0 radical (unpaired) electrons. The van der Waals surface area contributed by atoms with E-state index in [2.05, 4.69) is 4.99 Å². The molecule has 0 rings (SSSR count). The monoisotopic (exact) mass is 172 g/mol. The molecule has 0 amide bonds. The largest absolute Gasteiger partial charge is 0.480 e. The number of nitrogens with zero attached hydrogens (tertiary/aromatic N) is 1. The zero-order valence-corrected chi connectivity index (χ0v) is 7.36. The van der Waals surface area contributed by atoms with Gasteiger partial charge in [-0.3, -0.25) is 9.79 Å². The van der Waals surface area contributed by atoms with Crippen LogP contribution in [0.15, 0.2) is 4.99 Å². The maximum absolute atomic E-state index is 10.3. The molecule has 0 aromatic rings. The quantitative estimate of drug-likeness (QED) is 0.456. The molecule has 0 aliphatic carbocycles. The normalized spacial score (nSPS) is 13.5. The Morgan fingerprint density at radius 3 is 2.92 bits per heavy atom. The Morgan fingerprint density at radius 1 is 1.75 bits per heavy atom. The van der Waals surface area contributed by atoms with Gasteiger partial charge in [-0.25, -0.2) is 0 Å². The summed E-state index contributed by atoms with van der Waals surface area (Å²) in [5, 5.41) is 8.43. The summed E-state index contributed by atoms with van der Waals surface area (Å²) in [4.78, 5) is 14.3. The lowest BCUT2D eigenvalue weighted by Crippen LogP contribution is -2.29. The molecule has 12 heavy (non-hydrogen) atoms. The molecule has 4 nitrogen and oxygen atoms in total. The van der Waals surface area contributed by atoms with Crippen LogP contribution in [0.2, 0.25) is 0 Å². The maximum Gasteiger partial charge on any atom is 0.320 e. The first-order valence-corrected chi connectivity index (χ1v) is 4.15. The molecular weight excluding hydrogens is 156 g/mol. The van der Waals surface area contributed by atoms with E-state index in [0.717, 1.165) is 19.4 Å². The van der Waals surface area contributed by atoms with Gasteiger partial charge in [0.1, 0.15) is 6.04 Å². The predicted molar refractivity (Wildman–Crippen MR) is 48.5 cm³/mol. The molecule has 0 aliphatic heterocycles. The van der Waals surface area contributed by atoms with Crippen molar-refractivity contribution in [3.8, 4) is 0 Å². The summed E-state index contributed by atoms with van der Waals surface area (Å²) in [6, 6.07) is -0.722. The SMILES string of the molecule is CCN=CCCC[C@H](N)C(=O)O. The lowest BCUT2D eigenvalue weighted by atomic mass is 10.1. The van der Waals surface area contributed by atoms with E-state index in [-0.39, 0.29) is 0 Å². The third-order valence-electron chi connectivity index (χ3n) is 1.48. The van der Waals surface area contributed by atoms with Crippen molar-refractivity contribution in [2.24, 2.45) is 10.7 Å². The summed E-state index contributed by atoms with van der Waals surface area (Å²) in [5.74, 6) is -0.928. The average molecular weight is 172 g/mol. The highest BCUT2D eigenvalue weighted by Gasteiger charge is 2.09. The number of carboxylic acids is 1. The van der Waals surface area contributed by atoms with Crippen LogP contribution in [0.25, 0.3) is 0 Å². The average Bonchev–Trinajstić information content (AvgIpc) is 2.03. The molecule has 3 N–H and O–H groups in total. The standard InChI is InChI=1S/C8H16N2O2/c1-2-10-6-4-3-5-7(9)8(11)12/h6-7H,2-5,9H2,1H3,(H,11,12)/t7-/m0/s1. The summed E-state index contributed by atoms with van der Waals surface area (Å²) in [6.07, 6.45) is 3.94. The minimum absolute atomic E-state index is 0.519. The molecule has 0 fully saturated rings. The fraction of sp³-hybridized carbons (Fsp3) is 0.750. The molecule has 0 spiro atoms. The van der Waals surface area contributed by atoms with Gasteiger partial charge in [-0.1, -0.05) is 0 Å². The van der Waals surface area contributed by atoms with E-state index in [1.807, 2.05) is 13.1 Å². The van der Waals surface area contributed by atoms with Crippen molar-refractivity contribution in [1.82, 2.24) is 0 Å². The summed E-state index contributed by atoms with van der Waals surface area (Å²) in [6.45, 7) is 2.74. The maximum atomic E-state index is 10.3. The molecule has 0 saturated heterocycles. The Balaban J connectivity index is 3.31. The fourth-order valence-corrected chi connectivity index (χ4v) is 0.773. The van der Waals surface area contributed by atoms with Gasteiger partial charge in [-0.15, -0.1) is 0 Å². The third kappa shape index (κ3) is 5.85. The van der Waals surface area contributed by atoms with Gasteiger partial charge < -0.3 is 10.8 Å². The molecule has 4 heteroatoms. The van der Waals surface area contributed by atoms with Gasteiger partial charge >= 0.3 is 5.97 Å². The number of hydrogen-bond acceptors (Lipinski definition) is 3. The van der Waals surface area contributed by atoms with E-state index in [9.17, 15) is 4.79 Å². The summed E-state index contributed by atoms with van der Waals surface area (Å²) in [5.41, 5.74) is 5.29. The van der Waals surface area contributed by atoms with Gasteiger partial charge in [0.25, 0.3) is 0 Å². The van der Waals surface area contributed by atoms with E-state index < -0.39 is 12.0 Å². The first-order chi connectivity index (χ1) is 5.68. The third-order valence-corrected chi connectivity index (χ3v) is 1.48. The predicted octanol–water partition coefficient (Wildman–Crippen LogP) is 0.659. The van der Waals surface area contributed by atoms with Crippen LogP contribution >= 0.6 is 0 Å². The Bertz CT molecular complexity index is 157. The minimum atomic E-state index is -0.928. The second-order valence-corrected chi connectivity index (χ2v) is 2.56. The Morgan fingerprint density at radius 2 is 2.42 bits per heavy atom. The Hall–Kier alpha value is -0.900. The first-order valence-electron chi connectivity index (χ1n) is 4.15. The first kappa shape index (κ1) is 11.1. The molecule has 0 aromatic heterocycles. The van der Waals surface area contributed by atoms with Crippen molar-refractivity contribution in [3.05, 3.63) is 0 Å². The molecule has 0 saturated carbocycles. The van der Waals surface area contributed by atoms with Gasteiger partial charge in [-0.05, 0) is 32.4 Å². The lowest BCUT2D eigenvalue weighted by Gasteiger charge is -2.02. The molecule has 1 atom stereocenters. The number of aliphatic imine (C=N–C) groups is 1. The number of carboxylic acid groups (broad SMARTS) is 1. The molecule has 0 aliphatic rings. The van der Waals surface area contributed by atoms with Crippen LogP contribution in [-0.2, 0) is 4.79 Å². The fourth-order valence-electron chi connectivity index (χ4n) is 0.773. The zero-order valence-electron chi connectivity index (χ0n) is 7.36. The van der Waals surface area contributed by atoms with Gasteiger partial charge in [0.15, 0.2) is 0 Å². The highest BCUT2D eigenvalue weighted by molar-refractivity contribution is 5.73. The van der Waals surface area contributed by atoms with Gasteiger partial charge in [0.2, 0.25) is 0 Å². The van der Waals surface area contributed by atoms with Crippen molar-refractivity contribution in [2.45, 2.75) is 32.2 Å². The van der Waals surface area contributed by atoms with Gasteiger partial charge in [0, 0.05) is 6.54 Å². The van der Waals surface area contributed by atoms with Gasteiger partial charge in [-0.2, -0.15) is 0 Å².